The van der Waals surface area contributed by atoms with Crippen molar-refractivity contribution in [1.82, 2.24) is 9.55 Å². The average Bonchev–Trinajstić information content (AvgIpc) is 2.50. The molecule has 3 rings (SSSR count). The zero-order valence-electron chi connectivity index (χ0n) is 6.83. The number of hydrogen-bond donors (Lipinski definition) is 0. The van der Waals surface area contributed by atoms with Crippen molar-refractivity contribution < 1.29 is 4.74 Å². The highest BCUT2D eigenvalue weighted by Crippen LogP contribution is 2.31. The van der Waals surface area contributed by atoms with Crippen LogP contribution in [0.3, 0.4) is 0 Å². The molecule has 1 aliphatic rings. The summed E-state index contributed by atoms with van der Waals surface area (Å²) in [6, 6.07) is 3.99. The minimum absolute atomic E-state index is 0.731. The molecule has 0 saturated heterocycles. The number of imidazole rings is 1. The van der Waals surface area contributed by atoms with Crippen LogP contribution < -0.4 is 4.74 Å². The van der Waals surface area contributed by atoms with Crippen molar-refractivity contribution in [2.24, 2.45) is 0 Å². The van der Waals surface area contributed by atoms with E-state index in [-0.39, 0.29) is 0 Å². The van der Waals surface area contributed by atoms with Crippen molar-refractivity contribution in [3.63, 3.8) is 0 Å². The van der Waals surface area contributed by atoms with Crippen LogP contribution in [0, 0.1) is 0 Å². The van der Waals surface area contributed by atoms with Crippen molar-refractivity contribution in [1.29, 1.82) is 0 Å². The third kappa shape index (κ3) is 0.983. The van der Waals surface area contributed by atoms with E-state index in [4.69, 9.17) is 4.74 Å². The van der Waals surface area contributed by atoms with Crippen LogP contribution in [-0.2, 0) is 6.54 Å². The van der Waals surface area contributed by atoms with Crippen LogP contribution in [0.15, 0.2) is 22.9 Å². The number of aromatic nitrogens is 2. The first-order valence-electron chi connectivity index (χ1n) is 4.12. The van der Waals surface area contributed by atoms with Gasteiger partial charge < -0.3 is 9.30 Å². The fourth-order valence-electron chi connectivity index (χ4n) is 1.67. The van der Waals surface area contributed by atoms with Gasteiger partial charge in [0.2, 0.25) is 0 Å². The summed E-state index contributed by atoms with van der Waals surface area (Å²) in [4.78, 5) is 4.30. The largest absolute Gasteiger partial charge is 0.489 e. The van der Waals surface area contributed by atoms with Crippen LogP contribution in [0.4, 0.5) is 0 Å². The van der Waals surface area contributed by atoms with E-state index in [1.54, 1.807) is 0 Å². The van der Waals surface area contributed by atoms with E-state index in [1.165, 1.54) is 0 Å². The highest BCUT2D eigenvalue weighted by molar-refractivity contribution is 9.10. The molecule has 0 amide bonds. The lowest BCUT2D eigenvalue weighted by molar-refractivity contribution is 0.286. The van der Waals surface area contributed by atoms with Gasteiger partial charge >= 0.3 is 0 Å². The summed E-state index contributed by atoms with van der Waals surface area (Å²) in [5, 5.41) is 0. The second-order valence-electron chi connectivity index (χ2n) is 3.06. The van der Waals surface area contributed by atoms with Crippen LogP contribution >= 0.6 is 15.9 Å². The Hall–Kier alpha value is -1.03. The standard InChI is InChI=1S/C9H7BrN2O/c10-6-3-7-9-8(4-6)13-2-1-12(9)5-11-7/h3-5H,1-2H2. The third-order valence-electron chi connectivity index (χ3n) is 2.23. The zero-order chi connectivity index (χ0) is 8.84. The molecule has 0 N–H and O–H groups in total. The van der Waals surface area contributed by atoms with Crippen molar-refractivity contribution >= 4 is 27.0 Å². The molecule has 0 spiro atoms. The average molecular weight is 239 g/mol. The highest BCUT2D eigenvalue weighted by atomic mass is 79.9. The zero-order valence-corrected chi connectivity index (χ0v) is 8.41. The van der Waals surface area contributed by atoms with E-state index in [9.17, 15) is 0 Å². The van der Waals surface area contributed by atoms with E-state index in [0.717, 1.165) is 34.4 Å². The molecule has 0 saturated carbocycles. The molecule has 66 valence electrons. The maximum atomic E-state index is 5.54. The van der Waals surface area contributed by atoms with Gasteiger partial charge in [0.05, 0.1) is 18.4 Å². The molecule has 3 nitrogen and oxygen atoms in total. The van der Waals surface area contributed by atoms with Crippen LogP contribution in [0.1, 0.15) is 0 Å². The summed E-state index contributed by atoms with van der Waals surface area (Å²) < 4.78 is 8.69. The molecule has 2 heterocycles. The molecule has 2 aromatic rings. The fourth-order valence-corrected chi connectivity index (χ4v) is 2.10. The second-order valence-corrected chi connectivity index (χ2v) is 3.97. The fraction of sp³-hybridized carbons (Fsp3) is 0.222. The number of halogens is 1. The Morgan fingerprint density at radius 2 is 2.38 bits per heavy atom. The van der Waals surface area contributed by atoms with Crippen molar-refractivity contribution in [2.75, 3.05) is 6.61 Å². The van der Waals surface area contributed by atoms with E-state index in [2.05, 4.69) is 25.5 Å². The van der Waals surface area contributed by atoms with Gasteiger partial charge in [0.25, 0.3) is 0 Å². The molecule has 0 bridgehead atoms. The molecule has 0 fully saturated rings. The molecule has 0 unspecified atom stereocenters. The van der Waals surface area contributed by atoms with E-state index < -0.39 is 0 Å². The van der Waals surface area contributed by atoms with Gasteiger partial charge in [0, 0.05) is 4.47 Å². The van der Waals surface area contributed by atoms with Crippen LogP contribution in [0.25, 0.3) is 11.0 Å². The normalized spacial score (nSPS) is 14.5. The second kappa shape index (κ2) is 2.48. The summed E-state index contributed by atoms with van der Waals surface area (Å²) in [6.45, 7) is 1.63. The number of benzene rings is 1. The van der Waals surface area contributed by atoms with Gasteiger partial charge in [-0.25, -0.2) is 4.98 Å². The van der Waals surface area contributed by atoms with Gasteiger partial charge in [-0.15, -0.1) is 0 Å². The molecule has 4 heteroatoms. The minimum atomic E-state index is 0.731. The number of ether oxygens (including phenoxy) is 1. The number of nitrogens with zero attached hydrogens (tertiary/aromatic N) is 2. The number of rotatable bonds is 0. The Kier molecular flexibility index (Phi) is 1.41. The monoisotopic (exact) mass is 238 g/mol. The van der Waals surface area contributed by atoms with Crippen molar-refractivity contribution in [2.45, 2.75) is 6.54 Å². The maximum absolute atomic E-state index is 5.54. The van der Waals surface area contributed by atoms with E-state index in [0.29, 0.717) is 0 Å². The quantitative estimate of drug-likeness (QED) is 0.704. The Morgan fingerprint density at radius 3 is 3.31 bits per heavy atom. The third-order valence-corrected chi connectivity index (χ3v) is 2.69. The molecule has 1 aromatic heterocycles. The molecule has 0 atom stereocenters. The van der Waals surface area contributed by atoms with Crippen LogP contribution in [0.5, 0.6) is 5.75 Å². The molecular weight excluding hydrogens is 232 g/mol. The van der Waals surface area contributed by atoms with E-state index >= 15 is 0 Å². The van der Waals surface area contributed by atoms with Gasteiger partial charge in [-0.3, -0.25) is 0 Å². The molecule has 1 aliphatic heterocycles. The molecular formula is C9H7BrN2O. The van der Waals surface area contributed by atoms with Crippen LogP contribution in [-0.4, -0.2) is 16.2 Å². The molecule has 1 aromatic carbocycles. The van der Waals surface area contributed by atoms with Gasteiger partial charge in [0.15, 0.2) is 0 Å². The van der Waals surface area contributed by atoms with E-state index in [1.807, 2.05) is 18.5 Å². The molecule has 13 heavy (non-hydrogen) atoms. The van der Waals surface area contributed by atoms with Gasteiger partial charge in [-0.2, -0.15) is 0 Å². The van der Waals surface area contributed by atoms with Crippen molar-refractivity contribution in [3.05, 3.63) is 22.9 Å². The number of hydrogen-bond acceptors (Lipinski definition) is 2. The lowest BCUT2D eigenvalue weighted by Crippen LogP contribution is -2.13. The van der Waals surface area contributed by atoms with Crippen LogP contribution in [0.2, 0.25) is 0 Å². The minimum Gasteiger partial charge on any atom is -0.489 e. The van der Waals surface area contributed by atoms with Gasteiger partial charge in [-0.05, 0) is 12.1 Å². The highest BCUT2D eigenvalue weighted by Gasteiger charge is 2.14. The first-order valence-corrected chi connectivity index (χ1v) is 4.91. The topological polar surface area (TPSA) is 27.1 Å². The molecule has 0 aliphatic carbocycles. The predicted octanol–water partition coefficient (Wildman–Crippen LogP) is 2.19. The lowest BCUT2D eigenvalue weighted by Gasteiger charge is -2.15. The molecule has 0 radical (unpaired) electrons. The predicted molar refractivity (Wildman–Crippen MR) is 52.9 cm³/mol. The summed E-state index contributed by atoms with van der Waals surface area (Å²) in [7, 11) is 0. The van der Waals surface area contributed by atoms with Crippen molar-refractivity contribution in [3.8, 4) is 5.75 Å². The smallest absolute Gasteiger partial charge is 0.146 e. The lowest BCUT2D eigenvalue weighted by atomic mass is 10.2. The van der Waals surface area contributed by atoms with Gasteiger partial charge in [-0.1, -0.05) is 15.9 Å². The SMILES string of the molecule is Brc1cc2c3c(c1)ncn3CCO2. The first kappa shape index (κ1) is 7.38. The summed E-state index contributed by atoms with van der Waals surface area (Å²) in [5.41, 5.74) is 2.10. The first-order chi connectivity index (χ1) is 6.34. The summed E-state index contributed by atoms with van der Waals surface area (Å²) in [5.74, 6) is 0.924. The Bertz CT molecular complexity index is 478. The Morgan fingerprint density at radius 1 is 1.46 bits per heavy atom. The maximum Gasteiger partial charge on any atom is 0.146 e. The summed E-state index contributed by atoms with van der Waals surface area (Å²) in [6.07, 6.45) is 1.86. The van der Waals surface area contributed by atoms with Gasteiger partial charge in [0.1, 0.15) is 17.9 Å². The Labute approximate surface area is 83.5 Å². The Balaban J connectivity index is 2.47. The summed E-state index contributed by atoms with van der Waals surface area (Å²) >= 11 is 3.43.